The van der Waals surface area contributed by atoms with E-state index >= 15 is 0 Å². The van der Waals surface area contributed by atoms with Gasteiger partial charge in [-0.2, -0.15) is 0 Å². The molecule has 0 aliphatic rings. The molecule has 0 fully saturated rings. The van der Waals surface area contributed by atoms with Crippen LogP contribution in [0.3, 0.4) is 0 Å². The number of aliphatic carboxylic acids is 1. The fourth-order valence-corrected chi connectivity index (χ4v) is 6.12. The molecular formula is C46H79NO5. The molecule has 2 N–H and O–H groups in total. The van der Waals surface area contributed by atoms with Crippen molar-refractivity contribution in [3.05, 3.63) is 60.8 Å². The molecule has 6 nitrogen and oxygen atoms in total. The first-order valence-corrected chi connectivity index (χ1v) is 21.4. The molecule has 0 rings (SSSR count). The van der Waals surface area contributed by atoms with Gasteiger partial charge in [0.25, 0.3) is 0 Å². The van der Waals surface area contributed by atoms with Crippen molar-refractivity contribution in [2.45, 2.75) is 206 Å². The maximum absolute atomic E-state index is 12.7. The van der Waals surface area contributed by atoms with Crippen LogP contribution in [0.1, 0.15) is 200 Å². The molecule has 0 bridgehead atoms. The number of allylic oxidation sites excluding steroid dienone is 9. The van der Waals surface area contributed by atoms with Gasteiger partial charge >= 0.3 is 11.9 Å². The van der Waals surface area contributed by atoms with Crippen molar-refractivity contribution < 1.29 is 24.2 Å². The molecule has 0 heterocycles. The van der Waals surface area contributed by atoms with E-state index in [9.17, 15) is 14.4 Å². The third kappa shape index (κ3) is 39.9. The van der Waals surface area contributed by atoms with Crippen LogP contribution in [0.2, 0.25) is 0 Å². The second-order valence-corrected chi connectivity index (χ2v) is 14.2. The van der Waals surface area contributed by atoms with Gasteiger partial charge in [-0.15, -0.1) is 0 Å². The van der Waals surface area contributed by atoms with Gasteiger partial charge in [0.05, 0.1) is 6.42 Å². The zero-order valence-corrected chi connectivity index (χ0v) is 33.6. The lowest BCUT2D eigenvalue weighted by molar-refractivity contribution is -0.148. The molecule has 0 radical (unpaired) electrons. The molecule has 1 unspecified atom stereocenters. The monoisotopic (exact) mass is 726 g/mol. The number of unbranched alkanes of at least 4 members (excludes halogenated alkanes) is 18. The number of esters is 1. The first-order chi connectivity index (χ1) is 25.5. The van der Waals surface area contributed by atoms with Gasteiger partial charge in [-0.3, -0.25) is 14.4 Å². The summed E-state index contributed by atoms with van der Waals surface area (Å²) in [5.74, 6) is -1.36. The minimum Gasteiger partial charge on any atom is -0.480 e. The van der Waals surface area contributed by atoms with E-state index < -0.39 is 5.97 Å². The van der Waals surface area contributed by atoms with E-state index in [0.29, 0.717) is 12.8 Å². The smallest absolute Gasteiger partial charge is 0.322 e. The second-order valence-electron chi connectivity index (χ2n) is 14.2. The Kier molecular flexibility index (Phi) is 38.6. The molecule has 6 heteroatoms. The SMILES string of the molecule is CC/C=C\C/C=C\C/C=C\C/C=C\C/C=C\CC(=O)OC(CCCCCCCCCCCCCCCCC)CCCCCCCC(=O)NCC(=O)O. The molecule has 0 aliphatic carbocycles. The number of amides is 1. The zero-order chi connectivity index (χ0) is 38.0. The number of hydrogen-bond donors (Lipinski definition) is 2. The Morgan fingerprint density at radius 1 is 0.519 bits per heavy atom. The van der Waals surface area contributed by atoms with Gasteiger partial charge in [0.1, 0.15) is 12.6 Å². The van der Waals surface area contributed by atoms with Gasteiger partial charge in [-0.1, -0.05) is 184 Å². The summed E-state index contributed by atoms with van der Waals surface area (Å²) < 4.78 is 5.97. The molecule has 52 heavy (non-hydrogen) atoms. The molecule has 1 atom stereocenters. The van der Waals surface area contributed by atoms with Crippen LogP contribution in [0.25, 0.3) is 0 Å². The number of ether oxygens (including phenoxy) is 1. The highest BCUT2D eigenvalue weighted by Crippen LogP contribution is 2.18. The number of carbonyl (C=O) groups is 3. The number of carbonyl (C=O) groups excluding carboxylic acids is 2. The summed E-state index contributed by atoms with van der Waals surface area (Å²) in [6, 6.07) is 0. The topological polar surface area (TPSA) is 92.7 Å². The number of carboxylic acid groups (broad SMARTS) is 1. The summed E-state index contributed by atoms with van der Waals surface area (Å²) in [7, 11) is 0. The predicted octanol–water partition coefficient (Wildman–Crippen LogP) is 13.2. The average molecular weight is 726 g/mol. The Bertz CT molecular complexity index is 979. The molecular weight excluding hydrogens is 647 g/mol. The van der Waals surface area contributed by atoms with Crippen molar-refractivity contribution in [1.29, 1.82) is 0 Å². The Labute approximate surface area is 320 Å². The summed E-state index contributed by atoms with van der Waals surface area (Å²) >= 11 is 0. The van der Waals surface area contributed by atoms with Crippen molar-refractivity contribution in [2.75, 3.05) is 6.54 Å². The number of rotatable bonds is 38. The maximum atomic E-state index is 12.7. The van der Waals surface area contributed by atoms with E-state index in [4.69, 9.17) is 9.84 Å². The molecule has 0 aromatic carbocycles. The fourth-order valence-electron chi connectivity index (χ4n) is 6.12. The van der Waals surface area contributed by atoms with E-state index in [2.05, 4.69) is 67.8 Å². The van der Waals surface area contributed by atoms with Crippen LogP contribution in [0, 0.1) is 0 Å². The molecule has 0 aromatic heterocycles. The highest BCUT2D eigenvalue weighted by Gasteiger charge is 2.13. The summed E-state index contributed by atoms with van der Waals surface area (Å²) in [5.41, 5.74) is 0. The van der Waals surface area contributed by atoms with Gasteiger partial charge in [0.15, 0.2) is 0 Å². The number of nitrogens with one attached hydrogen (secondary N) is 1. The van der Waals surface area contributed by atoms with Crippen molar-refractivity contribution in [1.82, 2.24) is 5.32 Å². The van der Waals surface area contributed by atoms with Crippen molar-refractivity contribution in [3.8, 4) is 0 Å². The van der Waals surface area contributed by atoms with Crippen LogP contribution in [-0.4, -0.2) is 35.6 Å². The third-order valence-electron chi connectivity index (χ3n) is 9.24. The Morgan fingerprint density at radius 2 is 0.904 bits per heavy atom. The van der Waals surface area contributed by atoms with Gasteiger partial charge < -0.3 is 15.2 Å². The van der Waals surface area contributed by atoms with E-state index in [1.807, 2.05) is 12.2 Å². The molecule has 0 aliphatic heterocycles. The summed E-state index contributed by atoms with van der Waals surface area (Å²) in [6.07, 6.45) is 53.6. The molecule has 298 valence electrons. The quantitative estimate of drug-likeness (QED) is 0.0375. The molecule has 0 saturated heterocycles. The average Bonchev–Trinajstić information content (AvgIpc) is 3.13. The maximum Gasteiger partial charge on any atom is 0.322 e. The van der Waals surface area contributed by atoms with Crippen molar-refractivity contribution in [3.63, 3.8) is 0 Å². The van der Waals surface area contributed by atoms with Gasteiger partial charge in [-0.05, 0) is 64.2 Å². The summed E-state index contributed by atoms with van der Waals surface area (Å²) in [5, 5.41) is 11.1. The fraction of sp³-hybridized carbons (Fsp3) is 0.717. The Hall–Kier alpha value is -2.89. The lowest BCUT2D eigenvalue weighted by atomic mass is 10.0. The van der Waals surface area contributed by atoms with E-state index in [1.54, 1.807) is 0 Å². The van der Waals surface area contributed by atoms with Crippen LogP contribution in [0.4, 0.5) is 0 Å². The molecule has 0 aromatic rings. The molecule has 1 amide bonds. The van der Waals surface area contributed by atoms with Gasteiger partial charge in [0, 0.05) is 6.42 Å². The van der Waals surface area contributed by atoms with Crippen LogP contribution in [-0.2, 0) is 19.1 Å². The second kappa shape index (κ2) is 40.9. The Balaban J connectivity index is 4.32. The lowest BCUT2D eigenvalue weighted by Crippen LogP contribution is -2.28. The van der Waals surface area contributed by atoms with Crippen LogP contribution >= 0.6 is 0 Å². The Morgan fingerprint density at radius 3 is 1.33 bits per heavy atom. The summed E-state index contributed by atoms with van der Waals surface area (Å²) in [4.78, 5) is 35.0. The van der Waals surface area contributed by atoms with E-state index in [1.165, 1.54) is 89.9 Å². The van der Waals surface area contributed by atoms with Crippen molar-refractivity contribution >= 4 is 17.8 Å². The largest absolute Gasteiger partial charge is 0.480 e. The van der Waals surface area contributed by atoms with Gasteiger partial charge in [-0.25, -0.2) is 0 Å². The predicted molar refractivity (Wildman–Crippen MR) is 221 cm³/mol. The van der Waals surface area contributed by atoms with Crippen LogP contribution < -0.4 is 5.32 Å². The number of hydrogen-bond acceptors (Lipinski definition) is 4. The van der Waals surface area contributed by atoms with Crippen LogP contribution in [0.15, 0.2) is 60.8 Å². The minimum atomic E-state index is -1.02. The first-order valence-electron chi connectivity index (χ1n) is 21.4. The zero-order valence-electron chi connectivity index (χ0n) is 33.6. The molecule has 0 saturated carbocycles. The summed E-state index contributed by atoms with van der Waals surface area (Å²) in [6.45, 7) is 4.11. The highest BCUT2D eigenvalue weighted by atomic mass is 16.5. The minimum absolute atomic E-state index is 0.0287. The molecule has 0 spiro atoms. The highest BCUT2D eigenvalue weighted by molar-refractivity contribution is 5.80. The third-order valence-corrected chi connectivity index (χ3v) is 9.24. The normalized spacial score (nSPS) is 12.7. The van der Waals surface area contributed by atoms with Crippen LogP contribution in [0.5, 0.6) is 0 Å². The lowest BCUT2D eigenvalue weighted by Gasteiger charge is -2.18. The van der Waals surface area contributed by atoms with E-state index in [-0.39, 0.29) is 24.5 Å². The van der Waals surface area contributed by atoms with E-state index in [0.717, 1.165) is 83.5 Å². The first kappa shape index (κ1) is 49.1. The standard InChI is InChI=1S/C46H79NO5/c1-3-5-7-9-11-13-15-17-19-21-23-25-27-30-34-38-43(39-35-31-29-32-36-40-44(48)47-42-45(49)50)52-46(51)41-37-33-28-26-24-22-20-18-16-14-12-10-8-6-4-2/h6,8,12,14,18,20,24,26,33,37,43H,3-5,7,9-11,13,15-17,19,21-23,25,27-32,34-36,38-42H2,1-2H3,(H,47,48)(H,49,50)/b8-6-,14-12-,20-18-,26-24-,37-33-. The van der Waals surface area contributed by atoms with Crippen molar-refractivity contribution in [2.24, 2.45) is 0 Å². The van der Waals surface area contributed by atoms with Gasteiger partial charge in [0.2, 0.25) is 5.91 Å². The number of carboxylic acids is 1.